The van der Waals surface area contributed by atoms with E-state index in [1.807, 2.05) is 6.08 Å². The van der Waals surface area contributed by atoms with Crippen molar-refractivity contribution >= 4 is 0 Å². The number of ether oxygens (including phenoxy) is 3. The van der Waals surface area contributed by atoms with Crippen LogP contribution < -0.4 is 33.2 Å². The highest BCUT2D eigenvalue weighted by atomic mass is 16.7. The quantitative estimate of drug-likeness (QED) is 0.0946. The van der Waals surface area contributed by atoms with Crippen molar-refractivity contribution in [2.75, 3.05) is 46.5 Å². The molecule has 0 spiro atoms. The first kappa shape index (κ1) is 32.5. The predicted molar refractivity (Wildman–Crippen MR) is 143 cm³/mol. The first-order valence-electron chi connectivity index (χ1n) is 13.9. The van der Waals surface area contributed by atoms with Crippen molar-refractivity contribution in [1.82, 2.24) is 16.0 Å². The van der Waals surface area contributed by atoms with E-state index < -0.39 is 66.4 Å². The van der Waals surface area contributed by atoms with Gasteiger partial charge in [-0.3, -0.25) is 0 Å². The standard InChI is InChI=1S/C25H50N6O8/c1-25(36)12-37-24(20(35)23(25)29-2)39-22-17(31-13(10-32)11-33)8-15(28)18(19(22)34)21-16(30-7-3-6-26)5-4-14(9-27)38-21/h4,13,15-24,29-36H,3,5-12,26-28H2,1-2H3. The highest BCUT2D eigenvalue weighted by Crippen LogP contribution is 2.37. The van der Waals surface area contributed by atoms with Crippen LogP contribution in [-0.4, -0.2) is 139 Å². The van der Waals surface area contributed by atoms with E-state index in [0.717, 1.165) is 6.42 Å². The van der Waals surface area contributed by atoms with E-state index in [1.165, 1.54) is 0 Å². The van der Waals surface area contributed by atoms with E-state index in [2.05, 4.69) is 16.0 Å². The molecule has 2 aliphatic heterocycles. The molecular formula is C25H50N6O8. The number of hydrogen-bond donors (Lipinski definition) is 11. The van der Waals surface area contributed by atoms with Crippen LogP contribution >= 0.6 is 0 Å². The van der Waals surface area contributed by atoms with Gasteiger partial charge in [0.1, 0.15) is 29.7 Å². The maximum absolute atomic E-state index is 11.8. The summed E-state index contributed by atoms with van der Waals surface area (Å²) in [5.41, 5.74) is 16.9. The number of nitrogens with two attached hydrogens (primary N) is 3. The average Bonchev–Trinajstić information content (AvgIpc) is 2.91. The van der Waals surface area contributed by atoms with Gasteiger partial charge in [-0.15, -0.1) is 0 Å². The fourth-order valence-electron chi connectivity index (χ4n) is 6.02. The Morgan fingerprint density at radius 2 is 1.90 bits per heavy atom. The van der Waals surface area contributed by atoms with E-state index in [0.29, 0.717) is 31.7 Å². The van der Waals surface area contributed by atoms with Crippen LogP contribution in [0.4, 0.5) is 0 Å². The number of aliphatic hydroxyl groups excluding tert-OH is 4. The van der Waals surface area contributed by atoms with Gasteiger partial charge in [-0.2, -0.15) is 0 Å². The third-order valence-corrected chi connectivity index (χ3v) is 8.12. The van der Waals surface area contributed by atoms with Crippen LogP contribution in [0.3, 0.4) is 0 Å². The van der Waals surface area contributed by atoms with Gasteiger partial charge >= 0.3 is 0 Å². The van der Waals surface area contributed by atoms with Crippen molar-refractivity contribution in [2.24, 2.45) is 23.1 Å². The van der Waals surface area contributed by atoms with Gasteiger partial charge in [0.25, 0.3) is 0 Å². The summed E-state index contributed by atoms with van der Waals surface area (Å²) in [5, 5.41) is 62.4. The third-order valence-electron chi connectivity index (χ3n) is 8.12. The second-order valence-corrected chi connectivity index (χ2v) is 11.1. The lowest BCUT2D eigenvalue weighted by molar-refractivity contribution is -0.298. The van der Waals surface area contributed by atoms with Crippen LogP contribution in [-0.2, 0) is 14.2 Å². The molecule has 39 heavy (non-hydrogen) atoms. The van der Waals surface area contributed by atoms with Gasteiger partial charge in [0.15, 0.2) is 6.29 Å². The molecule has 0 aromatic heterocycles. The van der Waals surface area contributed by atoms with Crippen molar-refractivity contribution in [2.45, 2.75) is 92.7 Å². The maximum atomic E-state index is 11.8. The molecule has 0 radical (unpaired) electrons. The van der Waals surface area contributed by atoms with Gasteiger partial charge in [0.05, 0.1) is 44.6 Å². The second-order valence-electron chi connectivity index (χ2n) is 11.1. The third kappa shape index (κ3) is 7.65. The summed E-state index contributed by atoms with van der Waals surface area (Å²) in [6.45, 7) is 2.16. The second kappa shape index (κ2) is 14.8. The maximum Gasteiger partial charge on any atom is 0.185 e. The lowest BCUT2D eigenvalue weighted by atomic mass is 9.72. The van der Waals surface area contributed by atoms with Crippen molar-refractivity contribution in [3.05, 3.63) is 11.8 Å². The molecule has 14 N–H and O–H groups in total. The average molecular weight is 563 g/mol. The minimum Gasteiger partial charge on any atom is -0.492 e. The fraction of sp³-hybridized carbons (Fsp3) is 0.920. The van der Waals surface area contributed by atoms with E-state index in [1.54, 1.807) is 14.0 Å². The Labute approximate surface area is 230 Å². The van der Waals surface area contributed by atoms with Crippen LogP contribution in [0.25, 0.3) is 0 Å². The predicted octanol–water partition coefficient (Wildman–Crippen LogP) is -4.61. The topological polar surface area (TPSA) is 243 Å². The smallest absolute Gasteiger partial charge is 0.185 e. The Balaban J connectivity index is 1.89. The first-order valence-corrected chi connectivity index (χ1v) is 13.9. The van der Waals surface area contributed by atoms with E-state index >= 15 is 0 Å². The molecule has 11 atom stereocenters. The normalized spacial score (nSPS) is 41.4. The van der Waals surface area contributed by atoms with Crippen LogP contribution in [0.15, 0.2) is 11.8 Å². The lowest BCUT2D eigenvalue weighted by Crippen LogP contribution is -2.70. The van der Waals surface area contributed by atoms with Crippen LogP contribution in [0.2, 0.25) is 0 Å². The van der Waals surface area contributed by atoms with Crippen molar-refractivity contribution in [3.8, 4) is 0 Å². The highest BCUT2D eigenvalue weighted by molar-refractivity contribution is 5.11. The molecule has 2 fully saturated rings. The zero-order valence-corrected chi connectivity index (χ0v) is 23.0. The van der Waals surface area contributed by atoms with Crippen molar-refractivity contribution in [3.63, 3.8) is 0 Å². The molecule has 0 amide bonds. The number of hydrogen-bond acceptors (Lipinski definition) is 14. The molecule has 3 rings (SSSR count). The minimum atomic E-state index is -1.34. The Morgan fingerprint density at radius 3 is 2.51 bits per heavy atom. The number of rotatable bonds is 13. The molecule has 11 unspecified atom stereocenters. The first-order chi connectivity index (χ1) is 18.6. The molecule has 1 saturated carbocycles. The van der Waals surface area contributed by atoms with E-state index in [9.17, 15) is 25.5 Å². The van der Waals surface area contributed by atoms with Crippen molar-refractivity contribution < 1.29 is 39.7 Å². The molecule has 0 aromatic carbocycles. The summed E-state index contributed by atoms with van der Waals surface area (Å²) in [5.74, 6) is 0.0177. The largest absolute Gasteiger partial charge is 0.492 e. The molecule has 2 heterocycles. The Hall–Kier alpha value is -0.980. The number of nitrogens with one attached hydrogen (secondary N) is 3. The van der Waals surface area contributed by atoms with E-state index in [4.69, 9.17) is 31.4 Å². The monoisotopic (exact) mass is 562 g/mol. The highest BCUT2D eigenvalue weighted by Gasteiger charge is 2.53. The molecule has 1 saturated heterocycles. The molecule has 228 valence electrons. The van der Waals surface area contributed by atoms with Crippen LogP contribution in [0.1, 0.15) is 26.2 Å². The van der Waals surface area contributed by atoms with Gasteiger partial charge < -0.3 is 72.9 Å². The van der Waals surface area contributed by atoms with Crippen LogP contribution in [0, 0.1) is 5.92 Å². The Kier molecular flexibility index (Phi) is 12.3. The number of aliphatic hydroxyl groups is 5. The molecule has 14 heteroatoms. The van der Waals surface area contributed by atoms with Gasteiger partial charge in [-0.05, 0) is 52.4 Å². The minimum absolute atomic E-state index is 0.108. The fourth-order valence-corrected chi connectivity index (χ4v) is 6.02. The molecule has 0 bridgehead atoms. The SMILES string of the molecule is CNC1C(O)C(OC2C(NC(CO)CO)CC(N)C(C3OC(CN)=CCC3NCCCN)C2O)OCC1(C)O. The summed E-state index contributed by atoms with van der Waals surface area (Å²) in [7, 11) is 1.62. The zero-order valence-electron chi connectivity index (χ0n) is 23.0. The molecular weight excluding hydrogens is 512 g/mol. The lowest BCUT2D eigenvalue weighted by Gasteiger charge is -2.51. The van der Waals surface area contributed by atoms with Crippen molar-refractivity contribution in [1.29, 1.82) is 0 Å². The molecule has 1 aliphatic carbocycles. The molecule has 3 aliphatic rings. The summed E-state index contributed by atoms with van der Waals surface area (Å²) in [4.78, 5) is 0. The Bertz CT molecular complexity index is 775. The zero-order chi connectivity index (χ0) is 28.7. The summed E-state index contributed by atoms with van der Waals surface area (Å²) >= 11 is 0. The summed E-state index contributed by atoms with van der Waals surface area (Å²) < 4.78 is 18.2. The summed E-state index contributed by atoms with van der Waals surface area (Å²) in [6, 6.07) is -2.73. The summed E-state index contributed by atoms with van der Waals surface area (Å²) in [6.07, 6.45) is -1.46. The number of likely N-dealkylation sites (N-methyl/N-ethyl adjacent to an activating group) is 1. The van der Waals surface area contributed by atoms with Gasteiger partial charge in [0.2, 0.25) is 0 Å². The molecule has 0 aromatic rings. The van der Waals surface area contributed by atoms with Crippen LogP contribution in [0.5, 0.6) is 0 Å². The molecule has 14 nitrogen and oxygen atoms in total. The van der Waals surface area contributed by atoms with E-state index in [-0.39, 0.29) is 32.4 Å². The Morgan fingerprint density at radius 1 is 1.18 bits per heavy atom. The van der Waals surface area contributed by atoms with Gasteiger partial charge in [-0.25, -0.2) is 0 Å². The van der Waals surface area contributed by atoms with Gasteiger partial charge in [0, 0.05) is 24.0 Å². The van der Waals surface area contributed by atoms with Gasteiger partial charge in [-0.1, -0.05) is 0 Å².